The smallest absolute Gasteiger partial charge is 0.223 e. The van der Waals surface area contributed by atoms with E-state index in [4.69, 9.17) is 10.5 Å². The summed E-state index contributed by atoms with van der Waals surface area (Å²) < 4.78 is 6.08. The van der Waals surface area contributed by atoms with Crippen molar-refractivity contribution in [3.05, 3.63) is 28.2 Å². The fraction of sp³-hybridized carbons (Fsp3) is 0.533. The lowest BCUT2D eigenvalue weighted by atomic mass is 9.95. The van der Waals surface area contributed by atoms with E-state index in [0.29, 0.717) is 19.0 Å². The minimum atomic E-state index is 0. The standard InChI is InChI=1S/C15H21BrN2O2.ClH/c1-20-14-6-5-10(7-13(14)16)9-18-15(19)12-4-2-3-11(12)8-17;/h5-7,11-12H,2-4,8-9,17H2,1H3,(H,18,19);1H/t11-,12-;/m1./s1. The van der Waals surface area contributed by atoms with Crippen molar-refractivity contribution in [2.45, 2.75) is 25.8 Å². The SMILES string of the molecule is COc1ccc(CNC(=O)[C@@H]2CCC[C@@H]2CN)cc1Br.Cl. The van der Waals surface area contributed by atoms with Gasteiger partial charge in [0.15, 0.2) is 0 Å². The Morgan fingerprint density at radius 1 is 1.48 bits per heavy atom. The van der Waals surface area contributed by atoms with Crippen LogP contribution in [0.1, 0.15) is 24.8 Å². The van der Waals surface area contributed by atoms with Gasteiger partial charge in [0, 0.05) is 12.5 Å². The Labute approximate surface area is 140 Å². The summed E-state index contributed by atoms with van der Waals surface area (Å²) in [5.74, 6) is 1.35. The number of hydrogen-bond donors (Lipinski definition) is 2. The molecule has 1 aliphatic carbocycles. The number of halogens is 2. The molecule has 0 aromatic heterocycles. The third kappa shape index (κ3) is 4.59. The molecule has 0 saturated heterocycles. The van der Waals surface area contributed by atoms with Crippen LogP contribution >= 0.6 is 28.3 Å². The van der Waals surface area contributed by atoms with Crippen LogP contribution in [0.25, 0.3) is 0 Å². The first kappa shape index (κ1) is 18.3. The molecule has 0 radical (unpaired) electrons. The fourth-order valence-corrected chi connectivity index (χ4v) is 3.39. The number of methoxy groups -OCH3 is 1. The van der Waals surface area contributed by atoms with Crippen molar-refractivity contribution in [3.8, 4) is 5.75 Å². The summed E-state index contributed by atoms with van der Waals surface area (Å²) in [6, 6.07) is 5.82. The van der Waals surface area contributed by atoms with Gasteiger partial charge in [0.25, 0.3) is 0 Å². The van der Waals surface area contributed by atoms with E-state index in [0.717, 1.165) is 35.0 Å². The molecule has 2 atom stereocenters. The van der Waals surface area contributed by atoms with Crippen LogP contribution in [-0.4, -0.2) is 19.6 Å². The second-order valence-corrected chi connectivity index (χ2v) is 6.07. The van der Waals surface area contributed by atoms with Crippen LogP contribution in [-0.2, 0) is 11.3 Å². The summed E-state index contributed by atoms with van der Waals surface area (Å²) >= 11 is 3.45. The Kier molecular flexibility index (Phi) is 7.49. The van der Waals surface area contributed by atoms with Crippen molar-refractivity contribution in [2.75, 3.05) is 13.7 Å². The number of nitrogens with one attached hydrogen (secondary N) is 1. The van der Waals surface area contributed by atoms with Crippen molar-refractivity contribution in [1.82, 2.24) is 5.32 Å². The van der Waals surface area contributed by atoms with Gasteiger partial charge < -0.3 is 15.8 Å². The topological polar surface area (TPSA) is 64.3 Å². The fourth-order valence-electron chi connectivity index (χ4n) is 2.80. The largest absolute Gasteiger partial charge is 0.496 e. The molecule has 3 N–H and O–H groups in total. The van der Waals surface area contributed by atoms with Gasteiger partial charge >= 0.3 is 0 Å². The molecule has 0 heterocycles. The lowest BCUT2D eigenvalue weighted by molar-refractivity contribution is -0.126. The highest BCUT2D eigenvalue weighted by Gasteiger charge is 2.31. The van der Waals surface area contributed by atoms with Gasteiger partial charge in [-0.1, -0.05) is 12.5 Å². The number of carbonyl (C=O) groups excluding carboxylic acids is 1. The van der Waals surface area contributed by atoms with E-state index < -0.39 is 0 Å². The molecule has 1 fully saturated rings. The molecule has 21 heavy (non-hydrogen) atoms. The van der Waals surface area contributed by atoms with Gasteiger partial charge in [0.2, 0.25) is 5.91 Å². The molecule has 1 aliphatic rings. The number of carbonyl (C=O) groups is 1. The second kappa shape index (κ2) is 8.61. The van der Waals surface area contributed by atoms with Crippen LogP contribution in [0.3, 0.4) is 0 Å². The average Bonchev–Trinajstić information content (AvgIpc) is 2.93. The van der Waals surface area contributed by atoms with Gasteiger partial charge in [-0.25, -0.2) is 0 Å². The molecule has 0 spiro atoms. The lowest BCUT2D eigenvalue weighted by Gasteiger charge is -2.17. The van der Waals surface area contributed by atoms with Crippen molar-refractivity contribution >= 4 is 34.2 Å². The lowest BCUT2D eigenvalue weighted by Crippen LogP contribution is -2.34. The molecular formula is C15H22BrClN2O2. The van der Waals surface area contributed by atoms with E-state index in [-0.39, 0.29) is 24.2 Å². The van der Waals surface area contributed by atoms with E-state index in [2.05, 4.69) is 21.2 Å². The van der Waals surface area contributed by atoms with Crippen LogP contribution in [0.15, 0.2) is 22.7 Å². The highest BCUT2D eigenvalue weighted by molar-refractivity contribution is 9.10. The molecule has 0 bridgehead atoms. The monoisotopic (exact) mass is 376 g/mol. The summed E-state index contributed by atoms with van der Waals surface area (Å²) in [6.45, 7) is 1.14. The van der Waals surface area contributed by atoms with Crippen molar-refractivity contribution < 1.29 is 9.53 Å². The predicted octanol–water partition coefficient (Wildman–Crippen LogP) is 2.87. The van der Waals surface area contributed by atoms with Gasteiger partial charge in [-0.15, -0.1) is 12.4 Å². The van der Waals surface area contributed by atoms with Crippen LogP contribution in [0, 0.1) is 11.8 Å². The van der Waals surface area contributed by atoms with Gasteiger partial charge in [-0.3, -0.25) is 4.79 Å². The summed E-state index contributed by atoms with van der Waals surface area (Å²) in [6.07, 6.45) is 3.14. The van der Waals surface area contributed by atoms with E-state index in [1.165, 1.54) is 0 Å². The third-order valence-corrected chi connectivity index (χ3v) is 4.60. The first-order valence-electron chi connectivity index (χ1n) is 6.96. The van der Waals surface area contributed by atoms with Crippen LogP contribution in [0.2, 0.25) is 0 Å². The second-order valence-electron chi connectivity index (χ2n) is 5.22. The number of rotatable bonds is 5. The Bertz CT molecular complexity index is 485. The maximum absolute atomic E-state index is 12.2. The Hall–Kier alpha value is -0.780. The first-order valence-corrected chi connectivity index (χ1v) is 7.75. The molecule has 6 heteroatoms. The van der Waals surface area contributed by atoms with Crippen LogP contribution in [0.5, 0.6) is 5.75 Å². The van der Waals surface area contributed by atoms with E-state index in [1.807, 2.05) is 18.2 Å². The zero-order chi connectivity index (χ0) is 14.5. The van der Waals surface area contributed by atoms with E-state index in [9.17, 15) is 4.79 Å². The first-order chi connectivity index (χ1) is 9.65. The summed E-state index contributed by atoms with van der Waals surface area (Å²) in [7, 11) is 1.63. The highest BCUT2D eigenvalue weighted by Crippen LogP contribution is 2.31. The predicted molar refractivity (Wildman–Crippen MR) is 89.7 cm³/mol. The molecule has 1 saturated carbocycles. The van der Waals surface area contributed by atoms with Crippen molar-refractivity contribution in [2.24, 2.45) is 17.6 Å². The van der Waals surface area contributed by atoms with Crippen LogP contribution in [0.4, 0.5) is 0 Å². The Balaban J connectivity index is 0.00000220. The normalized spacial score (nSPS) is 20.7. The number of benzene rings is 1. The van der Waals surface area contributed by atoms with Gasteiger partial charge in [-0.2, -0.15) is 0 Å². The van der Waals surface area contributed by atoms with E-state index in [1.54, 1.807) is 7.11 Å². The summed E-state index contributed by atoms with van der Waals surface area (Å²) in [5, 5.41) is 3.01. The molecule has 1 aromatic carbocycles. The number of amides is 1. The summed E-state index contributed by atoms with van der Waals surface area (Å²) in [5.41, 5.74) is 6.77. The molecule has 1 amide bonds. The average molecular weight is 378 g/mol. The van der Waals surface area contributed by atoms with Gasteiger partial charge in [0.1, 0.15) is 5.75 Å². The minimum absolute atomic E-state index is 0. The number of nitrogens with two attached hydrogens (primary N) is 1. The maximum atomic E-state index is 12.2. The molecule has 4 nitrogen and oxygen atoms in total. The maximum Gasteiger partial charge on any atom is 0.223 e. The molecule has 0 aliphatic heterocycles. The van der Waals surface area contributed by atoms with E-state index >= 15 is 0 Å². The van der Waals surface area contributed by atoms with Crippen LogP contribution < -0.4 is 15.8 Å². The minimum Gasteiger partial charge on any atom is -0.496 e. The highest BCUT2D eigenvalue weighted by atomic mass is 79.9. The Morgan fingerprint density at radius 3 is 2.86 bits per heavy atom. The van der Waals surface area contributed by atoms with Gasteiger partial charge in [-0.05, 0) is 58.9 Å². The quantitative estimate of drug-likeness (QED) is 0.829. The zero-order valence-corrected chi connectivity index (χ0v) is 14.5. The number of ether oxygens (including phenoxy) is 1. The number of hydrogen-bond acceptors (Lipinski definition) is 3. The molecule has 2 rings (SSSR count). The van der Waals surface area contributed by atoms with Crippen molar-refractivity contribution in [1.29, 1.82) is 0 Å². The summed E-state index contributed by atoms with van der Waals surface area (Å²) in [4.78, 5) is 12.2. The van der Waals surface area contributed by atoms with Gasteiger partial charge in [0.05, 0.1) is 11.6 Å². The molecule has 118 valence electrons. The van der Waals surface area contributed by atoms with Crippen molar-refractivity contribution in [3.63, 3.8) is 0 Å². The Morgan fingerprint density at radius 2 is 2.24 bits per heavy atom. The zero-order valence-electron chi connectivity index (χ0n) is 12.1. The molecular weight excluding hydrogens is 356 g/mol. The molecule has 0 unspecified atom stereocenters. The molecule has 1 aromatic rings. The third-order valence-electron chi connectivity index (χ3n) is 3.98.